The van der Waals surface area contributed by atoms with Crippen molar-refractivity contribution in [3.63, 3.8) is 0 Å². The minimum atomic E-state index is -0.160. The molecule has 0 heterocycles. The summed E-state index contributed by atoms with van der Waals surface area (Å²) in [7, 11) is 0. The van der Waals surface area contributed by atoms with Crippen LogP contribution in [0.5, 0.6) is 17.2 Å². The van der Waals surface area contributed by atoms with Crippen LogP contribution in [0.2, 0.25) is 0 Å². The third kappa shape index (κ3) is 4.85. The van der Waals surface area contributed by atoms with Gasteiger partial charge in [0.1, 0.15) is 5.75 Å². The number of hydrogen-bond donors (Lipinski definition) is 3. The lowest BCUT2D eigenvalue weighted by Crippen LogP contribution is -2.18. The first kappa shape index (κ1) is 20.9. The van der Waals surface area contributed by atoms with Crippen LogP contribution in [0.15, 0.2) is 36.4 Å². The minimum absolute atomic E-state index is 0.122. The van der Waals surface area contributed by atoms with Gasteiger partial charge in [-0.1, -0.05) is 78.8 Å². The highest BCUT2D eigenvalue weighted by molar-refractivity contribution is 5.57. The van der Waals surface area contributed by atoms with Crippen LogP contribution in [0, 0.1) is 0 Å². The Morgan fingerprint density at radius 1 is 0.778 bits per heavy atom. The van der Waals surface area contributed by atoms with Gasteiger partial charge in [0.05, 0.1) is 0 Å². The lowest BCUT2D eigenvalue weighted by molar-refractivity contribution is 0.403. The Bertz CT molecular complexity index is 814. The first-order valence-corrected chi connectivity index (χ1v) is 9.38. The van der Waals surface area contributed by atoms with E-state index in [4.69, 9.17) is 0 Å². The second kappa shape index (κ2) is 7.30. The largest absolute Gasteiger partial charge is 0.507 e. The molecule has 1 atom stereocenters. The molecule has 0 bridgehead atoms. The zero-order valence-corrected chi connectivity index (χ0v) is 17.5. The van der Waals surface area contributed by atoms with Crippen molar-refractivity contribution in [2.45, 2.75) is 65.2 Å². The van der Waals surface area contributed by atoms with Crippen molar-refractivity contribution in [2.24, 2.45) is 0 Å². The van der Waals surface area contributed by atoms with E-state index >= 15 is 0 Å². The molecule has 0 fully saturated rings. The molecule has 0 aliphatic carbocycles. The van der Waals surface area contributed by atoms with Gasteiger partial charge in [0.25, 0.3) is 0 Å². The summed E-state index contributed by atoms with van der Waals surface area (Å²) in [5, 5.41) is 30.0. The first-order chi connectivity index (χ1) is 12.3. The van der Waals surface area contributed by atoms with Gasteiger partial charge in [-0.2, -0.15) is 0 Å². The fourth-order valence-electron chi connectivity index (χ4n) is 3.07. The Balaban J connectivity index is 2.47. The van der Waals surface area contributed by atoms with Gasteiger partial charge in [-0.25, -0.2) is 0 Å². The molecule has 0 aromatic heterocycles. The van der Waals surface area contributed by atoms with Crippen molar-refractivity contribution in [2.75, 3.05) is 0 Å². The van der Waals surface area contributed by atoms with Gasteiger partial charge >= 0.3 is 0 Å². The fourth-order valence-corrected chi connectivity index (χ4v) is 3.07. The average Bonchev–Trinajstić information content (AvgIpc) is 2.53. The highest BCUT2D eigenvalue weighted by Gasteiger charge is 2.27. The zero-order chi connectivity index (χ0) is 20.6. The first-order valence-electron chi connectivity index (χ1n) is 9.38. The summed E-state index contributed by atoms with van der Waals surface area (Å²) in [6.07, 6.45) is 4.00. The number of hydrogen-bond acceptors (Lipinski definition) is 3. The van der Waals surface area contributed by atoms with Crippen LogP contribution in [-0.2, 0) is 10.8 Å². The molecular formula is C24H32O3. The Hall–Kier alpha value is -2.42. The lowest BCUT2D eigenvalue weighted by atomic mass is 9.77. The Morgan fingerprint density at radius 2 is 1.30 bits per heavy atom. The van der Waals surface area contributed by atoms with Crippen LogP contribution in [0.3, 0.4) is 0 Å². The Labute approximate surface area is 163 Å². The molecule has 0 saturated carbocycles. The average molecular weight is 369 g/mol. The van der Waals surface area contributed by atoms with E-state index < -0.39 is 0 Å². The van der Waals surface area contributed by atoms with Gasteiger partial charge < -0.3 is 15.3 Å². The number of rotatable bonds is 3. The molecule has 3 nitrogen and oxygen atoms in total. The van der Waals surface area contributed by atoms with Crippen molar-refractivity contribution < 1.29 is 15.3 Å². The number of allylic oxidation sites excluding steroid dienone is 1. The second-order valence-electron chi connectivity index (χ2n) is 9.36. The second-order valence-corrected chi connectivity index (χ2v) is 9.36. The normalized spacial score (nSPS) is 13.9. The van der Waals surface area contributed by atoms with Crippen LogP contribution in [0.4, 0.5) is 0 Å². The van der Waals surface area contributed by atoms with Crippen LogP contribution < -0.4 is 0 Å². The highest BCUT2D eigenvalue weighted by atomic mass is 16.3. The fraction of sp³-hybridized carbons (Fsp3) is 0.417. The van der Waals surface area contributed by atoms with Crippen molar-refractivity contribution in [3.05, 3.63) is 58.7 Å². The van der Waals surface area contributed by atoms with Gasteiger partial charge in [-0.15, -0.1) is 0 Å². The SMILES string of the molecule is CC(/C=C/c1ccc(O)c(O)c1)c1cc(C(C)(C)C)c(O)c(C(C)(C)C)c1. The molecule has 1 unspecified atom stereocenters. The standard InChI is InChI=1S/C24H32O3/c1-15(8-9-16-10-11-20(25)21(26)12-16)17-13-18(23(2,3)4)22(27)19(14-17)24(5,6)7/h8-15,25-27H,1-7H3/b9-8+. The highest BCUT2D eigenvalue weighted by Crippen LogP contribution is 2.41. The molecule has 2 aromatic rings. The van der Waals surface area contributed by atoms with Gasteiger partial charge in [-0.05, 0) is 51.1 Å². The third-order valence-corrected chi connectivity index (χ3v) is 4.85. The predicted octanol–water partition coefficient (Wildman–Crippen LogP) is 6.22. The molecular weight excluding hydrogens is 336 g/mol. The van der Waals surface area contributed by atoms with E-state index in [2.05, 4.69) is 66.7 Å². The van der Waals surface area contributed by atoms with E-state index in [-0.39, 0.29) is 28.2 Å². The summed E-state index contributed by atoms with van der Waals surface area (Å²) >= 11 is 0. The van der Waals surface area contributed by atoms with Crippen molar-refractivity contribution in [1.82, 2.24) is 0 Å². The lowest BCUT2D eigenvalue weighted by Gasteiger charge is -2.29. The Kier molecular flexibility index (Phi) is 5.65. The molecule has 2 rings (SSSR count). The molecule has 0 amide bonds. The summed E-state index contributed by atoms with van der Waals surface area (Å²) < 4.78 is 0. The molecule has 0 aliphatic rings. The number of aromatic hydroxyl groups is 3. The number of phenolic OH excluding ortho intramolecular Hbond substituents is 3. The molecule has 146 valence electrons. The maximum atomic E-state index is 10.9. The molecule has 0 saturated heterocycles. The number of benzene rings is 2. The van der Waals surface area contributed by atoms with Gasteiger partial charge in [0.15, 0.2) is 11.5 Å². The molecule has 0 radical (unpaired) electrons. The van der Waals surface area contributed by atoms with Crippen LogP contribution in [-0.4, -0.2) is 15.3 Å². The van der Waals surface area contributed by atoms with Crippen molar-refractivity contribution in [1.29, 1.82) is 0 Å². The topological polar surface area (TPSA) is 60.7 Å². The maximum Gasteiger partial charge on any atom is 0.157 e. The molecule has 0 spiro atoms. The molecule has 0 aliphatic heterocycles. The third-order valence-electron chi connectivity index (χ3n) is 4.85. The summed E-state index contributed by atoms with van der Waals surface area (Å²) in [4.78, 5) is 0. The van der Waals surface area contributed by atoms with E-state index in [1.54, 1.807) is 6.07 Å². The summed E-state index contributed by atoms with van der Waals surface area (Å²) in [5.41, 5.74) is 3.54. The van der Waals surface area contributed by atoms with Crippen molar-refractivity contribution in [3.8, 4) is 17.2 Å². The molecule has 3 heteroatoms. The van der Waals surface area contributed by atoms with E-state index in [9.17, 15) is 15.3 Å². The maximum absolute atomic E-state index is 10.9. The smallest absolute Gasteiger partial charge is 0.157 e. The van der Waals surface area contributed by atoms with E-state index in [0.717, 1.165) is 22.3 Å². The zero-order valence-electron chi connectivity index (χ0n) is 17.5. The predicted molar refractivity (Wildman–Crippen MR) is 113 cm³/mol. The summed E-state index contributed by atoms with van der Waals surface area (Å²) in [6, 6.07) is 8.96. The van der Waals surface area contributed by atoms with E-state index in [1.807, 2.05) is 6.08 Å². The van der Waals surface area contributed by atoms with Crippen LogP contribution in [0.25, 0.3) is 6.08 Å². The monoisotopic (exact) mass is 368 g/mol. The molecule has 3 N–H and O–H groups in total. The van der Waals surface area contributed by atoms with Crippen molar-refractivity contribution >= 4 is 6.08 Å². The number of phenols is 3. The van der Waals surface area contributed by atoms with Gasteiger partial charge in [0.2, 0.25) is 0 Å². The van der Waals surface area contributed by atoms with Gasteiger partial charge in [-0.3, -0.25) is 0 Å². The summed E-state index contributed by atoms with van der Waals surface area (Å²) in [5.74, 6) is 0.268. The van der Waals surface area contributed by atoms with E-state index in [0.29, 0.717) is 5.75 Å². The minimum Gasteiger partial charge on any atom is -0.507 e. The van der Waals surface area contributed by atoms with Gasteiger partial charge in [0, 0.05) is 0 Å². The molecule has 2 aromatic carbocycles. The van der Waals surface area contributed by atoms with E-state index in [1.165, 1.54) is 12.1 Å². The molecule has 27 heavy (non-hydrogen) atoms. The quantitative estimate of drug-likeness (QED) is 0.564. The Morgan fingerprint density at radius 3 is 1.74 bits per heavy atom. The summed E-state index contributed by atoms with van der Waals surface area (Å²) in [6.45, 7) is 14.8. The van der Waals surface area contributed by atoms with Crippen LogP contribution in [0.1, 0.15) is 76.6 Å². The van der Waals surface area contributed by atoms with Crippen LogP contribution >= 0.6 is 0 Å².